The van der Waals surface area contributed by atoms with Crippen LogP contribution in [0.1, 0.15) is 26.5 Å². The summed E-state index contributed by atoms with van der Waals surface area (Å²) in [4.78, 5) is 29.1. The maximum Gasteiger partial charge on any atom is 0.295 e. The molecule has 0 aliphatic heterocycles. The highest BCUT2D eigenvalue weighted by molar-refractivity contribution is 5.78. The van der Waals surface area contributed by atoms with E-state index in [-0.39, 0.29) is 17.0 Å². The van der Waals surface area contributed by atoms with Crippen LogP contribution in [-0.4, -0.2) is 19.3 Å². The maximum atomic E-state index is 12.5. The third kappa shape index (κ3) is 1.89. The van der Waals surface area contributed by atoms with Crippen molar-refractivity contribution in [1.29, 1.82) is 0 Å². The Labute approximate surface area is 119 Å². The van der Waals surface area contributed by atoms with Gasteiger partial charge in [0.25, 0.3) is 16.9 Å². The van der Waals surface area contributed by atoms with E-state index >= 15 is 0 Å². The topological polar surface area (TPSA) is 95.3 Å². The third-order valence-corrected chi connectivity index (χ3v) is 3.28. The van der Waals surface area contributed by atoms with Gasteiger partial charge in [-0.15, -0.1) is 0 Å². The summed E-state index contributed by atoms with van der Waals surface area (Å²) in [5, 5.41) is 4.62. The summed E-state index contributed by atoms with van der Waals surface area (Å²) in [5.74, 6) is 5.84. The van der Waals surface area contributed by atoms with Crippen LogP contribution in [0.4, 0.5) is 0 Å². The molecule has 0 bridgehead atoms. The Kier molecular flexibility index (Phi) is 2.62. The number of nitrogens with two attached hydrogens (primary N) is 1. The highest BCUT2D eigenvalue weighted by Gasteiger charge is 2.23. The van der Waals surface area contributed by atoms with Gasteiger partial charge in [-0.25, -0.2) is 4.98 Å². The second-order valence-corrected chi connectivity index (χ2v) is 5.92. The van der Waals surface area contributed by atoms with Crippen LogP contribution in [0, 0.1) is 0 Å². The molecule has 7 heteroatoms. The molecule has 3 rings (SSSR count). The molecule has 2 aromatic heterocycles. The van der Waals surface area contributed by atoms with E-state index in [1.54, 1.807) is 24.3 Å². The van der Waals surface area contributed by atoms with Gasteiger partial charge in [0.05, 0.1) is 10.9 Å². The minimum absolute atomic E-state index is 0.0247. The van der Waals surface area contributed by atoms with E-state index in [0.29, 0.717) is 10.9 Å². The lowest BCUT2D eigenvalue weighted by Crippen LogP contribution is -2.40. The normalized spacial score (nSPS) is 12.1. The van der Waals surface area contributed by atoms with Crippen LogP contribution in [0.3, 0.4) is 0 Å². The number of benzene rings is 1. The SMILES string of the molecule is CC(C)(C)c1nn2c(=O)c3ccccc3nc2n(N)c1=O. The number of nitrogens with zero attached hydrogens (tertiary/aromatic N) is 4. The number of hydrogen-bond acceptors (Lipinski definition) is 5. The summed E-state index contributed by atoms with van der Waals surface area (Å²) >= 11 is 0. The van der Waals surface area contributed by atoms with Gasteiger partial charge in [-0.2, -0.15) is 14.3 Å². The van der Waals surface area contributed by atoms with E-state index in [1.807, 2.05) is 20.8 Å². The van der Waals surface area contributed by atoms with Crippen LogP contribution in [0.25, 0.3) is 16.7 Å². The van der Waals surface area contributed by atoms with E-state index in [9.17, 15) is 9.59 Å². The predicted octanol–water partition coefficient (Wildman–Crippen LogP) is 0.416. The molecule has 1 aromatic carbocycles. The lowest BCUT2D eigenvalue weighted by molar-refractivity contribution is 0.530. The van der Waals surface area contributed by atoms with E-state index in [0.717, 1.165) is 9.19 Å². The Morgan fingerprint density at radius 3 is 2.43 bits per heavy atom. The zero-order chi connectivity index (χ0) is 15.4. The lowest BCUT2D eigenvalue weighted by atomic mass is 9.93. The van der Waals surface area contributed by atoms with Gasteiger partial charge in [0, 0.05) is 5.41 Å². The van der Waals surface area contributed by atoms with Crippen LogP contribution in [0.5, 0.6) is 0 Å². The highest BCUT2D eigenvalue weighted by Crippen LogP contribution is 2.16. The molecule has 0 aliphatic carbocycles. The van der Waals surface area contributed by atoms with E-state index in [1.165, 1.54) is 0 Å². The fourth-order valence-corrected chi connectivity index (χ4v) is 2.18. The Balaban J connectivity index is 2.59. The first-order valence-corrected chi connectivity index (χ1v) is 6.51. The van der Waals surface area contributed by atoms with Crippen molar-refractivity contribution in [3.05, 3.63) is 50.7 Å². The minimum Gasteiger partial charge on any atom is -0.333 e. The molecule has 0 radical (unpaired) electrons. The number of nitrogen functional groups attached to an aromatic ring is 1. The second-order valence-electron chi connectivity index (χ2n) is 5.92. The van der Waals surface area contributed by atoms with Crippen LogP contribution < -0.4 is 17.0 Å². The number of aromatic nitrogens is 4. The minimum atomic E-state index is -0.530. The van der Waals surface area contributed by atoms with Crippen molar-refractivity contribution in [2.24, 2.45) is 0 Å². The van der Waals surface area contributed by atoms with Gasteiger partial charge < -0.3 is 5.84 Å². The predicted molar refractivity (Wildman–Crippen MR) is 79.9 cm³/mol. The molecule has 0 saturated carbocycles. The Bertz CT molecular complexity index is 979. The molecule has 0 aliphatic rings. The molecule has 21 heavy (non-hydrogen) atoms. The molecule has 0 saturated heterocycles. The molecule has 0 atom stereocenters. The summed E-state index contributed by atoms with van der Waals surface area (Å²) in [6.07, 6.45) is 0. The Morgan fingerprint density at radius 1 is 1.10 bits per heavy atom. The van der Waals surface area contributed by atoms with Gasteiger partial charge in [0.1, 0.15) is 5.69 Å². The average molecular weight is 285 g/mol. The molecule has 7 nitrogen and oxygen atoms in total. The van der Waals surface area contributed by atoms with Gasteiger partial charge in [0.2, 0.25) is 0 Å². The third-order valence-electron chi connectivity index (χ3n) is 3.28. The fourth-order valence-electron chi connectivity index (χ4n) is 2.18. The molecular formula is C14H15N5O2. The molecule has 0 amide bonds. The summed E-state index contributed by atoms with van der Waals surface area (Å²) < 4.78 is 1.96. The van der Waals surface area contributed by atoms with E-state index in [4.69, 9.17) is 5.84 Å². The molecule has 2 N–H and O–H groups in total. The summed E-state index contributed by atoms with van der Waals surface area (Å²) in [7, 11) is 0. The molecule has 0 fully saturated rings. The summed E-state index contributed by atoms with van der Waals surface area (Å²) in [6.45, 7) is 5.51. The van der Waals surface area contributed by atoms with Crippen molar-refractivity contribution in [3.8, 4) is 0 Å². The van der Waals surface area contributed by atoms with Crippen molar-refractivity contribution >= 4 is 16.7 Å². The first-order chi connectivity index (χ1) is 9.80. The van der Waals surface area contributed by atoms with E-state index in [2.05, 4.69) is 10.1 Å². The van der Waals surface area contributed by atoms with Crippen molar-refractivity contribution in [1.82, 2.24) is 19.3 Å². The quantitative estimate of drug-likeness (QED) is 0.477. The molecule has 0 unspecified atom stereocenters. The van der Waals surface area contributed by atoms with Crippen molar-refractivity contribution in [2.45, 2.75) is 26.2 Å². The maximum absolute atomic E-state index is 12.5. The van der Waals surface area contributed by atoms with Crippen LogP contribution >= 0.6 is 0 Å². The molecule has 108 valence electrons. The first-order valence-electron chi connectivity index (χ1n) is 6.51. The van der Waals surface area contributed by atoms with Crippen molar-refractivity contribution < 1.29 is 0 Å². The molecular weight excluding hydrogens is 270 g/mol. The largest absolute Gasteiger partial charge is 0.333 e. The lowest BCUT2D eigenvalue weighted by Gasteiger charge is -2.18. The van der Waals surface area contributed by atoms with Gasteiger partial charge in [-0.1, -0.05) is 32.9 Å². The van der Waals surface area contributed by atoms with Crippen LogP contribution in [-0.2, 0) is 5.41 Å². The number of hydrogen-bond donors (Lipinski definition) is 1. The number of rotatable bonds is 0. The molecule has 3 aromatic rings. The van der Waals surface area contributed by atoms with Gasteiger partial charge >= 0.3 is 0 Å². The standard InChI is InChI=1S/C14H15N5O2/c1-14(2,3)10-12(21)18(15)13-16-9-7-5-4-6-8(9)11(20)19(13)17-10/h4-7H,15H2,1-3H3. The second kappa shape index (κ2) is 4.15. The monoisotopic (exact) mass is 285 g/mol. The highest BCUT2D eigenvalue weighted by atomic mass is 16.1. The zero-order valence-electron chi connectivity index (χ0n) is 12.0. The average Bonchev–Trinajstić information content (AvgIpc) is 2.42. The van der Waals surface area contributed by atoms with Crippen molar-refractivity contribution in [2.75, 3.05) is 5.84 Å². The smallest absolute Gasteiger partial charge is 0.295 e. The van der Waals surface area contributed by atoms with Crippen molar-refractivity contribution in [3.63, 3.8) is 0 Å². The van der Waals surface area contributed by atoms with Gasteiger partial charge in [-0.05, 0) is 12.1 Å². The Morgan fingerprint density at radius 2 is 1.76 bits per heavy atom. The van der Waals surface area contributed by atoms with Gasteiger partial charge in [-0.3, -0.25) is 9.59 Å². The molecule has 0 spiro atoms. The summed E-state index contributed by atoms with van der Waals surface area (Å²) in [5.41, 5.74) is -0.634. The summed E-state index contributed by atoms with van der Waals surface area (Å²) in [6, 6.07) is 6.88. The van der Waals surface area contributed by atoms with Crippen LogP contribution in [0.15, 0.2) is 33.9 Å². The number of fused-ring (bicyclic) bond motifs is 2. The fraction of sp³-hybridized carbons (Fsp3) is 0.286. The van der Waals surface area contributed by atoms with Gasteiger partial charge in [0.15, 0.2) is 0 Å². The molecule has 2 heterocycles. The Hall–Kier alpha value is -2.70. The first kappa shape index (κ1) is 13.3. The number of para-hydroxylation sites is 1. The zero-order valence-corrected chi connectivity index (χ0v) is 12.0. The van der Waals surface area contributed by atoms with E-state index < -0.39 is 11.0 Å². The van der Waals surface area contributed by atoms with Crippen LogP contribution in [0.2, 0.25) is 0 Å².